The number of H-pyrrole nitrogens is 1. The lowest BCUT2D eigenvalue weighted by atomic mass is 10.2. The minimum atomic E-state index is -0.351. The van der Waals surface area contributed by atoms with Crippen LogP contribution in [0.5, 0.6) is 5.75 Å². The third kappa shape index (κ3) is 2.38. The summed E-state index contributed by atoms with van der Waals surface area (Å²) >= 11 is 0. The maximum atomic E-state index is 13.1. The van der Waals surface area contributed by atoms with Crippen LogP contribution in [0, 0.1) is 5.82 Å². The molecule has 1 aromatic heterocycles. The molecule has 3 aromatic rings. The van der Waals surface area contributed by atoms with E-state index >= 15 is 0 Å². The number of aromatic nitrogens is 1. The number of hydrogen-bond acceptors (Lipinski definition) is 2. The Balaban J connectivity index is 1.79. The van der Waals surface area contributed by atoms with Crippen LogP contribution in [0.2, 0.25) is 0 Å². The number of fused-ring (bicyclic) bond motifs is 1. The highest BCUT2D eigenvalue weighted by Crippen LogP contribution is 2.21. The lowest BCUT2D eigenvalue weighted by Gasteiger charge is -2.08. The van der Waals surface area contributed by atoms with Crippen molar-refractivity contribution in [1.82, 2.24) is 4.98 Å². The maximum absolute atomic E-state index is 13.1. The van der Waals surface area contributed by atoms with E-state index in [1.807, 2.05) is 30.5 Å². The number of benzene rings is 2. The van der Waals surface area contributed by atoms with Crippen LogP contribution in [-0.4, -0.2) is 10.1 Å². The number of anilines is 1. The van der Waals surface area contributed by atoms with Gasteiger partial charge in [0.1, 0.15) is 11.6 Å². The van der Waals surface area contributed by atoms with Crippen molar-refractivity contribution in [2.45, 2.75) is 6.54 Å². The highest BCUT2D eigenvalue weighted by atomic mass is 19.1. The van der Waals surface area contributed by atoms with Crippen LogP contribution in [0.15, 0.2) is 48.7 Å². The van der Waals surface area contributed by atoms with Crippen LogP contribution in [0.3, 0.4) is 0 Å². The van der Waals surface area contributed by atoms with Gasteiger partial charge in [0, 0.05) is 34.9 Å². The summed E-state index contributed by atoms with van der Waals surface area (Å²) < 4.78 is 13.1. The molecule has 0 saturated heterocycles. The van der Waals surface area contributed by atoms with Gasteiger partial charge < -0.3 is 15.4 Å². The number of aromatic amines is 1. The number of aromatic hydroxyl groups is 1. The van der Waals surface area contributed by atoms with Crippen LogP contribution < -0.4 is 5.32 Å². The highest BCUT2D eigenvalue weighted by molar-refractivity contribution is 5.82. The van der Waals surface area contributed by atoms with Gasteiger partial charge in [-0.1, -0.05) is 0 Å². The first-order chi connectivity index (χ1) is 9.22. The Morgan fingerprint density at radius 2 is 2.00 bits per heavy atom. The number of halogens is 1. The van der Waals surface area contributed by atoms with Crippen LogP contribution in [0.1, 0.15) is 5.56 Å². The van der Waals surface area contributed by atoms with E-state index in [1.165, 1.54) is 18.2 Å². The Morgan fingerprint density at radius 3 is 2.89 bits per heavy atom. The number of hydrogen-bond donors (Lipinski definition) is 3. The van der Waals surface area contributed by atoms with Crippen molar-refractivity contribution in [3.63, 3.8) is 0 Å². The van der Waals surface area contributed by atoms with E-state index in [-0.39, 0.29) is 11.6 Å². The van der Waals surface area contributed by atoms with Gasteiger partial charge in [-0.2, -0.15) is 0 Å². The molecule has 19 heavy (non-hydrogen) atoms. The molecule has 0 atom stereocenters. The zero-order valence-corrected chi connectivity index (χ0v) is 10.2. The first kappa shape index (κ1) is 11.6. The molecule has 0 amide bonds. The zero-order valence-electron chi connectivity index (χ0n) is 10.2. The molecule has 0 aliphatic heterocycles. The standard InChI is InChI=1S/C15H13FN2O/c16-12-1-4-15(19)11(7-12)9-18-13-2-3-14-10(8-13)5-6-17-14/h1-8,17-19H,9H2. The molecule has 2 aromatic carbocycles. The van der Waals surface area contributed by atoms with Crippen LogP contribution in [-0.2, 0) is 6.54 Å². The Labute approximate surface area is 109 Å². The SMILES string of the molecule is Oc1ccc(F)cc1CNc1ccc2[nH]ccc2c1. The molecule has 0 unspecified atom stereocenters. The zero-order chi connectivity index (χ0) is 13.2. The van der Waals surface area contributed by atoms with Crippen LogP contribution >= 0.6 is 0 Å². The smallest absolute Gasteiger partial charge is 0.123 e. The summed E-state index contributed by atoms with van der Waals surface area (Å²) in [6.45, 7) is 0.375. The molecule has 0 radical (unpaired) electrons. The molecule has 0 spiro atoms. The predicted molar refractivity (Wildman–Crippen MR) is 73.7 cm³/mol. The Kier molecular flexibility index (Phi) is 2.83. The van der Waals surface area contributed by atoms with Gasteiger partial charge in [0.15, 0.2) is 0 Å². The molecule has 0 saturated carbocycles. The van der Waals surface area contributed by atoms with Gasteiger partial charge in [-0.3, -0.25) is 0 Å². The van der Waals surface area contributed by atoms with Crippen molar-refractivity contribution in [2.75, 3.05) is 5.32 Å². The van der Waals surface area contributed by atoms with Crippen molar-refractivity contribution in [3.8, 4) is 5.75 Å². The van der Waals surface area contributed by atoms with Crippen molar-refractivity contribution in [3.05, 3.63) is 60.0 Å². The van der Waals surface area contributed by atoms with E-state index in [0.717, 1.165) is 16.6 Å². The van der Waals surface area contributed by atoms with Crippen molar-refractivity contribution < 1.29 is 9.50 Å². The van der Waals surface area contributed by atoms with E-state index in [2.05, 4.69) is 10.3 Å². The molecule has 0 aliphatic carbocycles. The van der Waals surface area contributed by atoms with Gasteiger partial charge in [-0.25, -0.2) is 4.39 Å². The summed E-state index contributed by atoms with van der Waals surface area (Å²) in [5.41, 5.74) is 2.53. The highest BCUT2D eigenvalue weighted by Gasteiger charge is 2.03. The quantitative estimate of drug-likeness (QED) is 0.670. The molecule has 4 heteroatoms. The fourth-order valence-electron chi connectivity index (χ4n) is 2.06. The minimum Gasteiger partial charge on any atom is -0.508 e. The van der Waals surface area contributed by atoms with Crippen molar-refractivity contribution in [1.29, 1.82) is 0 Å². The molecular formula is C15H13FN2O. The largest absolute Gasteiger partial charge is 0.508 e. The van der Waals surface area contributed by atoms with Gasteiger partial charge in [-0.05, 0) is 42.5 Å². The van der Waals surface area contributed by atoms with Crippen LogP contribution in [0.4, 0.5) is 10.1 Å². The lowest BCUT2D eigenvalue weighted by Crippen LogP contribution is -2.00. The summed E-state index contributed by atoms with van der Waals surface area (Å²) in [4.78, 5) is 3.12. The number of rotatable bonds is 3. The first-order valence-corrected chi connectivity index (χ1v) is 6.01. The second kappa shape index (κ2) is 4.65. The molecule has 96 valence electrons. The summed E-state index contributed by atoms with van der Waals surface area (Å²) in [5, 5.41) is 13.9. The third-order valence-corrected chi connectivity index (χ3v) is 3.08. The van der Waals surface area contributed by atoms with E-state index in [9.17, 15) is 9.50 Å². The minimum absolute atomic E-state index is 0.0941. The summed E-state index contributed by atoms with van der Waals surface area (Å²) in [7, 11) is 0. The molecule has 0 bridgehead atoms. The monoisotopic (exact) mass is 256 g/mol. The van der Waals surface area contributed by atoms with Gasteiger partial charge in [0.2, 0.25) is 0 Å². The second-order valence-electron chi connectivity index (χ2n) is 4.41. The fourth-order valence-corrected chi connectivity index (χ4v) is 2.06. The maximum Gasteiger partial charge on any atom is 0.123 e. The van der Waals surface area contributed by atoms with Gasteiger partial charge >= 0.3 is 0 Å². The van der Waals surface area contributed by atoms with Gasteiger partial charge in [0.05, 0.1) is 0 Å². The Hall–Kier alpha value is -2.49. The summed E-state index contributed by atoms with van der Waals surface area (Å²) in [6, 6.07) is 11.8. The van der Waals surface area contributed by atoms with Gasteiger partial charge in [-0.15, -0.1) is 0 Å². The Morgan fingerprint density at radius 1 is 1.11 bits per heavy atom. The molecule has 3 nitrogen and oxygen atoms in total. The van der Waals surface area contributed by atoms with Crippen molar-refractivity contribution in [2.24, 2.45) is 0 Å². The Bertz CT molecular complexity index is 721. The number of phenolic OH excluding ortho intramolecular Hbond substituents is 1. The average Bonchev–Trinajstić information content (AvgIpc) is 2.87. The van der Waals surface area contributed by atoms with E-state index < -0.39 is 0 Å². The van der Waals surface area contributed by atoms with E-state index in [4.69, 9.17) is 0 Å². The topological polar surface area (TPSA) is 48.0 Å². The average molecular weight is 256 g/mol. The van der Waals surface area contributed by atoms with E-state index in [1.54, 1.807) is 0 Å². The number of nitrogens with one attached hydrogen (secondary N) is 2. The molecule has 3 rings (SSSR count). The molecular weight excluding hydrogens is 243 g/mol. The summed E-state index contributed by atoms with van der Waals surface area (Å²) in [6.07, 6.45) is 1.88. The first-order valence-electron chi connectivity index (χ1n) is 6.01. The summed E-state index contributed by atoms with van der Waals surface area (Å²) in [5.74, 6) is -0.257. The fraction of sp³-hybridized carbons (Fsp3) is 0.0667. The molecule has 3 N–H and O–H groups in total. The molecule has 0 fully saturated rings. The lowest BCUT2D eigenvalue weighted by molar-refractivity contribution is 0.466. The normalized spacial score (nSPS) is 10.8. The van der Waals surface area contributed by atoms with E-state index in [0.29, 0.717) is 12.1 Å². The molecule has 0 aliphatic rings. The molecule has 1 heterocycles. The van der Waals surface area contributed by atoms with Gasteiger partial charge in [0.25, 0.3) is 0 Å². The predicted octanol–water partition coefficient (Wildman–Crippen LogP) is 3.62. The third-order valence-electron chi connectivity index (χ3n) is 3.08. The van der Waals surface area contributed by atoms with Crippen LogP contribution in [0.25, 0.3) is 10.9 Å². The van der Waals surface area contributed by atoms with Crippen molar-refractivity contribution >= 4 is 16.6 Å². The number of phenols is 1. The second-order valence-corrected chi connectivity index (χ2v) is 4.41.